The van der Waals surface area contributed by atoms with E-state index in [1.165, 1.54) is 10.9 Å². The van der Waals surface area contributed by atoms with Crippen LogP contribution in [0.2, 0.25) is 0 Å². The van der Waals surface area contributed by atoms with E-state index in [2.05, 4.69) is 30.4 Å². The number of hydrogen-bond acceptors (Lipinski definition) is 6. The van der Waals surface area contributed by atoms with Crippen molar-refractivity contribution >= 4 is 17.5 Å². The van der Waals surface area contributed by atoms with E-state index in [-0.39, 0.29) is 24.9 Å². The zero-order chi connectivity index (χ0) is 20.2. The Balaban J connectivity index is 2.21. The van der Waals surface area contributed by atoms with Crippen LogP contribution in [0.25, 0.3) is 0 Å². The molecule has 0 aliphatic heterocycles. The average Bonchev–Trinajstić information content (AvgIpc) is 2.93. The third-order valence-corrected chi connectivity index (χ3v) is 3.61. The van der Waals surface area contributed by atoms with E-state index >= 15 is 0 Å². The topological polar surface area (TPSA) is 76.9 Å². The minimum absolute atomic E-state index is 0.0573. The fourth-order valence-electron chi connectivity index (χ4n) is 2.35. The van der Waals surface area contributed by atoms with Crippen molar-refractivity contribution in [1.82, 2.24) is 19.7 Å². The Morgan fingerprint density at radius 2 is 1.96 bits per heavy atom. The second-order valence-corrected chi connectivity index (χ2v) is 5.64. The molecule has 27 heavy (non-hydrogen) atoms. The quantitative estimate of drug-likeness (QED) is 0.660. The van der Waals surface area contributed by atoms with Crippen molar-refractivity contribution in [2.45, 2.75) is 39.6 Å². The average molecular weight is 394 g/mol. The van der Waals surface area contributed by atoms with E-state index in [1.807, 2.05) is 0 Å². The Morgan fingerprint density at radius 1 is 1.26 bits per heavy atom. The summed E-state index contributed by atoms with van der Waals surface area (Å²) in [5.41, 5.74) is 0.0232. The van der Waals surface area contributed by atoms with Gasteiger partial charge in [-0.25, -0.2) is 4.98 Å². The molecule has 0 amide bonds. The van der Waals surface area contributed by atoms with Crippen LogP contribution in [0, 0.1) is 6.92 Å². The molecule has 0 radical (unpaired) electrons. The molecule has 0 fully saturated rings. The molecule has 0 aliphatic carbocycles. The number of alkyl halides is 5. The summed E-state index contributed by atoms with van der Waals surface area (Å²) in [4.78, 5) is 7.56. The van der Waals surface area contributed by atoms with Gasteiger partial charge in [-0.1, -0.05) is 0 Å². The van der Waals surface area contributed by atoms with Gasteiger partial charge in [-0.15, -0.1) is 0 Å². The Hall–Kier alpha value is -2.50. The van der Waals surface area contributed by atoms with Gasteiger partial charge in [-0.3, -0.25) is 4.68 Å². The zero-order valence-electron chi connectivity index (χ0n) is 14.8. The van der Waals surface area contributed by atoms with Crippen LogP contribution >= 0.6 is 0 Å². The molecule has 2 heterocycles. The predicted octanol–water partition coefficient (Wildman–Crippen LogP) is 3.98. The molecule has 0 aliphatic rings. The number of anilines is 3. The number of hydrogen-bond donors (Lipinski definition) is 2. The van der Waals surface area contributed by atoms with Crippen molar-refractivity contribution in [2.75, 3.05) is 23.8 Å². The summed E-state index contributed by atoms with van der Waals surface area (Å²) in [6, 6.07) is -0.472. The lowest BCUT2D eigenvalue weighted by molar-refractivity contribution is -0.137. The van der Waals surface area contributed by atoms with Crippen LogP contribution in [0.5, 0.6) is 0 Å². The first-order valence-corrected chi connectivity index (χ1v) is 8.02. The number of halogens is 5. The van der Waals surface area contributed by atoms with Crippen LogP contribution < -0.4 is 10.6 Å². The normalized spacial score (nSPS) is 13.1. The molecule has 1 atom stereocenters. The number of rotatable bonds is 8. The van der Waals surface area contributed by atoms with Gasteiger partial charge in [0.1, 0.15) is 11.4 Å². The largest absolute Gasteiger partial charge is 0.421 e. The highest BCUT2D eigenvalue weighted by molar-refractivity contribution is 5.58. The Morgan fingerprint density at radius 3 is 2.56 bits per heavy atom. The van der Waals surface area contributed by atoms with Crippen LogP contribution in [0.1, 0.15) is 31.1 Å². The second kappa shape index (κ2) is 8.46. The first-order chi connectivity index (χ1) is 12.6. The summed E-state index contributed by atoms with van der Waals surface area (Å²) in [5.74, 6) is -0.399. The first kappa shape index (κ1) is 20.8. The summed E-state index contributed by atoms with van der Waals surface area (Å²) in [6.45, 7) is 2.07. The van der Waals surface area contributed by atoms with E-state index in [9.17, 15) is 22.0 Å². The summed E-state index contributed by atoms with van der Waals surface area (Å²) in [6.07, 6.45) is -2.49. The van der Waals surface area contributed by atoms with Crippen molar-refractivity contribution in [3.05, 3.63) is 23.7 Å². The molecule has 7 nitrogen and oxygen atoms in total. The molecular formula is C15H19F5N6O. The Bertz CT molecular complexity index is 764. The van der Waals surface area contributed by atoms with Gasteiger partial charge in [0.05, 0.1) is 30.2 Å². The third kappa shape index (κ3) is 5.25. The highest BCUT2D eigenvalue weighted by atomic mass is 19.4. The van der Waals surface area contributed by atoms with E-state index < -0.39 is 24.4 Å². The number of ether oxygens (including phenoxy) is 1. The summed E-state index contributed by atoms with van der Waals surface area (Å²) >= 11 is 0. The van der Waals surface area contributed by atoms with Crippen molar-refractivity contribution in [3.8, 4) is 0 Å². The van der Waals surface area contributed by atoms with Gasteiger partial charge in [-0.05, 0) is 20.8 Å². The first-order valence-electron chi connectivity index (χ1n) is 8.02. The lowest BCUT2D eigenvalue weighted by Crippen LogP contribution is -2.17. The number of aromatic nitrogens is 4. The highest BCUT2D eigenvalue weighted by Gasteiger charge is 2.35. The molecule has 12 heteroatoms. The Labute approximate surface area is 151 Å². The summed E-state index contributed by atoms with van der Waals surface area (Å²) in [5, 5.41) is 9.43. The molecule has 2 aromatic rings. The summed E-state index contributed by atoms with van der Waals surface area (Å²) in [7, 11) is 0. The fraction of sp³-hybridized carbons (Fsp3) is 0.533. The molecule has 0 spiro atoms. The van der Waals surface area contributed by atoms with Crippen LogP contribution in [0.4, 0.5) is 39.4 Å². The molecule has 0 aromatic carbocycles. The maximum absolute atomic E-state index is 13.0. The summed E-state index contributed by atoms with van der Waals surface area (Å²) < 4.78 is 69.0. The minimum Gasteiger partial charge on any atom is -0.370 e. The third-order valence-electron chi connectivity index (χ3n) is 3.61. The maximum Gasteiger partial charge on any atom is 0.421 e. The standard InChI is InChI=1S/C15H19F5N6O/c1-4-21-12-10(15(18,19)20)5-22-14(25-12)24-11-6-23-26(9(11)3)8(2)7-27-13(16)17/h5-6,8,13H,4,7H2,1-3H3,(H2,21,22,24,25)/t8-/m1/s1. The van der Waals surface area contributed by atoms with Crippen LogP contribution in [0.3, 0.4) is 0 Å². The SMILES string of the molecule is CCNc1nc(Nc2cnn([C@H](C)COC(F)F)c2C)ncc1C(F)(F)F. The molecular weight excluding hydrogens is 375 g/mol. The molecule has 2 aromatic heterocycles. The Kier molecular flexibility index (Phi) is 6.52. The zero-order valence-corrected chi connectivity index (χ0v) is 14.8. The predicted molar refractivity (Wildman–Crippen MR) is 88.1 cm³/mol. The van der Waals surface area contributed by atoms with Gasteiger partial charge in [0.25, 0.3) is 0 Å². The van der Waals surface area contributed by atoms with Crippen molar-refractivity contribution < 1.29 is 26.7 Å². The molecule has 2 N–H and O–H groups in total. The van der Waals surface area contributed by atoms with Crippen LogP contribution in [0.15, 0.2) is 12.4 Å². The minimum atomic E-state index is -4.59. The van der Waals surface area contributed by atoms with E-state index in [4.69, 9.17) is 0 Å². The van der Waals surface area contributed by atoms with E-state index in [0.29, 0.717) is 17.6 Å². The van der Waals surface area contributed by atoms with Gasteiger partial charge in [-0.2, -0.15) is 32.0 Å². The highest BCUT2D eigenvalue weighted by Crippen LogP contribution is 2.34. The molecule has 0 unspecified atom stereocenters. The monoisotopic (exact) mass is 394 g/mol. The van der Waals surface area contributed by atoms with E-state index in [1.54, 1.807) is 20.8 Å². The maximum atomic E-state index is 13.0. The lowest BCUT2D eigenvalue weighted by Gasteiger charge is -2.15. The van der Waals surface area contributed by atoms with Gasteiger partial charge in [0.15, 0.2) is 0 Å². The fourth-order valence-corrected chi connectivity index (χ4v) is 2.35. The molecule has 2 rings (SSSR count). The smallest absolute Gasteiger partial charge is 0.370 e. The second-order valence-electron chi connectivity index (χ2n) is 5.64. The van der Waals surface area contributed by atoms with Crippen molar-refractivity contribution in [1.29, 1.82) is 0 Å². The van der Waals surface area contributed by atoms with Crippen molar-refractivity contribution in [2.24, 2.45) is 0 Å². The van der Waals surface area contributed by atoms with Crippen LogP contribution in [-0.2, 0) is 10.9 Å². The van der Waals surface area contributed by atoms with Crippen molar-refractivity contribution in [3.63, 3.8) is 0 Å². The van der Waals surface area contributed by atoms with Gasteiger partial charge in [0.2, 0.25) is 5.95 Å². The van der Waals surface area contributed by atoms with Gasteiger partial charge < -0.3 is 15.4 Å². The lowest BCUT2D eigenvalue weighted by atomic mass is 10.3. The van der Waals surface area contributed by atoms with E-state index in [0.717, 1.165) is 0 Å². The molecule has 0 saturated carbocycles. The number of nitrogens with one attached hydrogen (secondary N) is 2. The molecule has 0 bridgehead atoms. The van der Waals surface area contributed by atoms with Crippen LogP contribution in [-0.4, -0.2) is 39.5 Å². The molecule has 0 saturated heterocycles. The van der Waals surface area contributed by atoms with Gasteiger partial charge >= 0.3 is 12.8 Å². The molecule has 150 valence electrons. The number of nitrogens with zero attached hydrogens (tertiary/aromatic N) is 4. The van der Waals surface area contributed by atoms with Gasteiger partial charge in [0, 0.05) is 12.7 Å².